The third-order valence-electron chi connectivity index (χ3n) is 2.07. The predicted octanol–water partition coefficient (Wildman–Crippen LogP) is 2.11. The minimum Gasteiger partial charge on any atom is -0.298 e. The number of Topliss-reactive ketones (excluding diaryl/α,β-unsaturated/α-hetero) is 1. The van der Waals surface area contributed by atoms with Crippen LogP contribution in [-0.2, 0) is 11.2 Å². The molecule has 1 aromatic heterocycles. The van der Waals surface area contributed by atoms with Crippen molar-refractivity contribution in [1.82, 2.24) is 14.8 Å². The first-order valence-corrected chi connectivity index (χ1v) is 6.57. The number of ketones is 1. The molecule has 1 rings (SSSR count). The molecule has 0 N–H and O–H groups in total. The summed E-state index contributed by atoms with van der Waals surface area (Å²) in [5.74, 6) is 1.54. The maximum Gasteiger partial charge on any atom is 0.150 e. The molecule has 90 valence electrons. The van der Waals surface area contributed by atoms with Crippen molar-refractivity contribution in [1.29, 1.82) is 0 Å². The standard InChI is InChI=1S/C11H19N3OS/c1-8(2)14-11(12-7-13-14)5-10(15)6-16-9(3)4/h7-9H,5-6H2,1-4H3. The van der Waals surface area contributed by atoms with Crippen LogP contribution in [0.5, 0.6) is 0 Å². The van der Waals surface area contributed by atoms with Crippen LogP contribution >= 0.6 is 11.8 Å². The second-order valence-electron chi connectivity index (χ2n) is 4.29. The number of aromatic nitrogens is 3. The molecule has 0 bridgehead atoms. The average molecular weight is 241 g/mol. The lowest BCUT2D eigenvalue weighted by atomic mass is 10.3. The van der Waals surface area contributed by atoms with Gasteiger partial charge in [-0.05, 0) is 19.1 Å². The first kappa shape index (κ1) is 13.2. The van der Waals surface area contributed by atoms with Crippen LogP contribution in [0.1, 0.15) is 39.6 Å². The van der Waals surface area contributed by atoms with Gasteiger partial charge in [-0.2, -0.15) is 16.9 Å². The largest absolute Gasteiger partial charge is 0.298 e. The van der Waals surface area contributed by atoms with E-state index in [-0.39, 0.29) is 11.8 Å². The second kappa shape index (κ2) is 6.03. The highest BCUT2D eigenvalue weighted by Crippen LogP contribution is 2.11. The molecule has 4 nitrogen and oxygen atoms in total. The molecule has 0 aliphatic heterocycles. The molecule has 0 fully saturated rings. The molecular formula is C11H19N3OS. The van der Waals surface area contributed by atoms with Gasteiger partial charge in [0.2, 0.25) is 0 Å². The van der Waals surface area contributed by atoms with Gasteiger partial charge in [0, 0.05) is 6.04 Å². The summed E-state index contributed by atoms with van der Waals surface area (Å²) in [5, 5.41) is 4.60. The van der Waals surface area contributed by atoms with Crippen LogP contribution in [0.2, 0.25) is 0 Å². The predicted molar refractivity (Wildman–Crippen MR) is 66.7 cm³/mol. The molecule has 0 aromatic carbocycles. The first-order valence-electron chi connectivity index (χ1n) is 5.52. The Morgan fingerprint density at radius 1 is 1.44 bits per heavy atom. The molecule has 0 spiro atoms. The number of carbonyl (C=O) groups excluding carboxylic acids is 1. The van der Waals surface area contributed by atoms with Crippen molar-refractivity contribution in [3.05, 3.63) is 12.2 Å². The number of rotatable bonds is 6. The van der Waals surface area contributed by atoms with Crippen LogP contribution in [-0.4, -0.2) is 31.6 Å². The number of hydrogen-bond acceptors (Lipinski definition) is 4. The van der Waals surface area contributed by atoms with E-state index in [2.05, 4.69) is 23.9 Å². The second-order valence-corrected chi connectivity index (χ2v) is 5.85. The van der Waals surface area contributed by atoms with E-state index in [0.29, 0.717) is 17.4 Å². The molecule has 0 radical (unpaired) electrons. The lowest BCUT2D eigenvalue weighted by molar-refractivity contribution is -0.116. The van der Waals surface area contributed by atoms with Crippen LogP contribution in [0.4, 0.5) is 0 Å². The summed E-state index contributed by atoms with van der Waals surface area (Å²) < 4.78 is 1.80. The van der Waals surface area contributed by atoms with Crippen molar-refractivity contribution in [2.45, 2.75) is 45.4 Å². The molecule has 0 saturated heterocycles. The van der Waals surface area contributed by atoms with Gasteiger partial charge in [0.1, 0.15) is 17.9 Å². The Morgan fingerprint density at radius 3 is 2.69 bits per heavy atom. The summed E-state index contributed by atoms with van der Waals surface area (Å²) in [6.45, 7) is 8.25. The molecule has 0 atom stereocenters. The van der Waals surface area contributed by atoms with E-state index in [4.69, 9.17) is 0 Å². The van der Waals surface area contributed by atoms with Gasteiger partial charge < -0.3 is 0 Å². The molecule has 16 heavy (non-hydrogen) atoms. The zero-order valence-corrected chi connectivity index (χ0v) is 11.1. The lowest BCUT2D eigenvalue weighted by Crippen LogP contribution is -2.14. The normalized spacial score (nSPS) is 11.4. The Labute approximate surface area is 101 Å². The zero-order chi connectivity index (χ0) is 12.1. The van der Waals surface area contributed by atoms with Gasteiger partial charge in [-0.3, -0.25) is 4.79 Å². The van der Waals surface area contributed by atoms with Gasteiger partial charge in [-0.25, -0.2) is 9.67 Å². The third kappa shape index (κ3) is 3.96. The molecule has 0 saturated carbocycles. The highest BCUT2D eigenvalue weighted by atomic mass is 32.2. The Morgan fingerprint density at radius 2 is 2.12 bits per heavy atom. The van der Waals surface area contributed by atoms with E-state index in [0.717, 1.165) is 5.82 Å². The minimum atomic E-state index is 0.216. The van der Waals surface area contributed by atoms with E-state index in [1.165, 1.54) is 6.33 Å². The van der Waals surface area contributed by atoms with Crippen LogP contribution in [0.25, 0.3) is 0 Å². The van der Waals surface area contributed by atoms with Crippen molar-refractivity contribution < 1.29 is 4.79 Å². The molecule has 0 aliphatic rings. The Kier molecular flexibility index (Phi) is 4.99. The zero-order valence-electron chi connectivity index (χ0n) is 10.3. The Balaban J connectivity index is 2.53. The molecule has 1 heterocycles. The Bertz CT molecular complexity index is 347. The van der Waals surface area contributed by atoms with Crippen molar-refractivity contribution in [2.24, 2.45) is 0 Å². The SMILES string of the molecule is CC(C)SCC(=O)Cc1ncnn1C(C)C. The molecule has 0 amide bonds. The summed E-state index contributed by atoms with van der Waals surface area (Å²) in [7, 11) is 0. The van der Waals surface area contributed by atoms with Crippen LogP contribution in [0, 0.1) is 0 Å². The summed E-state index contributed by atoms with van der Waals surface area (Å²) in [5.41, 5.74) is 0. The van der Waals surface area contributed by atoms with Gasteiger partial charge >= 0.3 is 0 Å². The number of carbonyl (C=O) groups is 1. The summed E-state index contributed by atoms with van der Waals surface area (Å²) in [6, 6.07) is 0.253. The quantitative estimate of drug-likeness (QED) is 0.765. The number of nitrogens with zero attached hydrogens (tertiary/aromatic N) is 3. The van der Waals surface area contributed by atoms with E-state index < -0.39 is 0 Å². The summed E-state index contributed by atoms with van der Waals surface area (Å²) in [4.78, 5) is 15.8. The highest BCUT2D eigenvalue weighted by molar-refractivity contribution is 8.00. The Hall–Kier alpha value is -0.840. The van der Waals surface area contributed by atoms with E-state index in [1.54, 1.807) is 16.4 Å². The molecule has 0 aliphatic carbocycles. The fourth-order valence-electron chi connectivity index (χ4n) is 1.32. The van der Waals surface area contributed by atoms with Crippen molar-refractivity contribution in [2.75, 3.05) is 5.75 Å². The minimum absolute atomic E-state index is 0.216. The van der Waals surface area contributed by atoms with Gasteiger partial charge in [-0.1, -0.05) is 13.8 Å². The summed E-state index contributed by atoms with van der Waals surface area (Å²) in [6.07, 6.45) is 1.90. The topological polar surface area (TPSA) is 47.8 Å². The summed E-state index contributed by atoms with van der Waals surface area (Å²) >= 11 is 1.67. The van der Waals surface area contributed by atoms with E-state index in [1.807, 2.05) is 13.8 Å². The molecular weight excluding hydrogens is 222 g/mol. The maximum atomic E-state index is 11.7. The van der Waals surface area contributed by atoms with Gasteiger partial charge in [0.05, 0.1) is 12.2 Å². The molecule has 0 unspecified atom stereocenters. The molecule has 1 aromatic rings. The van der Waals surface area contributed by atoms with Gasteiger partial charge in [0.25, 0.3) is 0 Å². The third-order valence-corrected chi connectivity index (χ3v) is 3.22. The van der Waals surface area contributed by atoms with Gasteiger partial charge in [-0.15, -0.1) is 0 Å². The van der Waals surface area contributed by atoms with Crippen molar-refractivity contribution in [3.8, 4) is 0 Å². The maximum absolute atomic E-state index is 11.7. The molecule has 5 heteroatoms. The lowest BCUT2D eigenvalue weighted by Gasteiger charge is -2.09. The number of hydrogen-bond donors (Lipinski definition) is 0. The van der Waals surface area contributed by atoms with Crippen molar-refractivity contribution in [3.63, 3.8) is 0 Å². The average Bonchev–Trinajstić information content (AvgIpc) is 2.62. The van der Waals surface area contributed by atoms with Crippen LogP contribution < -0.4 is 0 Å². The number of thioether (sulfide) groups is 1. The smallest absolute Gasteiger partial charge is 0.150 e. The van der Waals surface area contributed by atoms with Crippen LogP contribution in [0.15, 0.2) is 6.33 Å². The fourth-order valence-corrected chi connectivity index (χ4v) is 1.94. The first-order chi connectivity index (χ1) is 7.50. The van der Waals surface area contributed by atoms with E-state index >= 15 is 0 Å². The van der Waals surface area contributed by atoms with Crippen LogP contribution in [0.3, 0.4) is 0 Å². The fraction of sp³-hybridized carbons (Fsp3) is 0.727. The van der Waals surface area contributed by atoms with Crippen molar-refractivity contribution >= 4 is 17.5 Å². The van der Waals surface area contributed by atoms with Gasteiger partial charge in [0.15, 0.2) is 0 Å². The highest BCUT2D eigenvalue weighted by Gasteiger charge is 2.12. The monoisotopic (exact) mass is 241 g/mol. The van der Waals surface area contributed by atoms with E-state index in [9.17, 15) is 4.79 Å².